The zero-order valence-electron chi connectivity index (χ0n) is 12.9. The number of hydrogen-bond donors (Lipinski definition) is 1. The second-order valence-corrected chi connectivity index (χ2v) is 6.56. The van der Waals surface area contributed by atoms with Crippen molar-refractivity contribution in [2.45, 2.75) is 59.5 Å². The van der Waals surface area contributed by atoms with Crippen LogP contribution in [0.3, 0.4) is 0 Å². The Bertz CT molecular complexity index is 348. The van der Waals surface area contributed by atoms with Gasteiger partial charge in [-0.2, -0.15) is 0 Å². The van der Waals surface area contributed by atoms with E-state index in [1.54, 1.807) is 27.7 Å². The molecular weight excluding hydrogens is 260 g/mol. The summed E-state index contributed by atoms with van der Waals surface area (Å²) < 4.78 is 10.5. The van der Waals surface area contributed by atoms with Crippen molar-refractivity contribution in [2.24, 2.45) is 10.8 Å². The summed E-state index contributed by atoms with van der Waals surface area (Å²) in [5.41, 5.74) is -1.39. The first kappa shape index (κ1) is 17.0. The molecule has 1 rings (SSSR count). The van der Waals surface area contributed by atoms with E-state index in [1.807, 2.05) is 0 Å². The van der Waals surface area contributed by atoms with Gasteiger partial charge in [0.25, 0.3) is 0 Å². The van der Waals surface area contributed by atoms with Crippen LogP contribution in [0.4, 0.5) is 0 Å². The van der Waals surface area contributed by atoms with Crippen LogP contribution < -0.4 is 0 Å². The van der Waals surface area contributed by atoms with E-state index in [0.29, 0.717) is 32.3 Å². The van der Waals surface area contributed by atoms with Crippen LogP contribution >= 0.6 is 0 Å². The van der Waals surface area contributed by atoms with Crippen molar-refractivity contribution in [3.63, 3.8) is 0 Å². The molecular formula is C15H26O5. The molecule has 0 amide bonds. The minimum Gasteiger partial charge on any atom is -0.465 e. The van der Waals surface area contributed by atoms with Crippen LogP contribution in [-0.4, -0.2) is 36.4 Å². The molecule has 1 N–H and O–H groups in total. The molecule has 116 valence electrons. The summed E-state index contributed by atoms with van der Waals surface area (Å²) in [5, 5.41) is 9.60. The van der Waals surface area contributed by atoms with E-state index in [0.717, 1.165) is 0 Å². The topological polar surface area (TPSA) is 72.8 Å². The van der Waals surface area contributed by atoms with Crippen molar-refractivity contribution in [3.8, 4) is 0 Å². The number of aliphatic hydroxyl groups excluding tert-OH is 1. The molecule has 1 aliphatic rings. The first-order valence-corrected chi connectivity index (χ1v) is 7.24. The molecule has 0 aromatic heterocycles. The lowest BCUT2D eigenvalue weighted by Gasteiger charge is -2.36. The predicted octanol–water partition coefficient (Wildman–Crippen LogP) is 2.06. The zero-order valence-corrected chi connectivity index (χ0v) is 12.9. The Morgan fingerprint density at radius 2 is 1.75 bits per heavy atom. The minimum atomic E-state index is -0.795. The maximum absolute atomic E-state index is 12.2. The summed E-state index contributed by atoms with van der Waals surface area (Å²) in [5.74, 6) is -0.652. The average Bonchev–Trinajstić information content (AvgIpc) is 2.37. The fourth-order valence-electron chi connectivity index (χ4n) is 2.27. The van der Waals surface area contributed by atoms with Crippen molar-refractivity contribution in [3.05, 3.63) is 0 Å². The fourth-order valence-corrected chi connectivity index (χ4v) is 2.27. The normalized spacial score (nSPS) is 26.9. The number of ether oxygens (including phenoxy) is 2. The molecule has 0 bridgehead atoms. The van der Waals surface area contributed by atoms with Crippen LogP contribution in [0.1, 0.15) is 53.4 Å². The Kier molecular flexibility index (Phi) is 5.57. The van der Waals surface area contributed by atoms with Crippen molar-refractivity contribution in [1.29, 1.82) is 0 Å². The monoisotopic (exact) mass is 286 g/mol. The fraction of sp³-hybridized carbons (Fsp3) is 0.867. The third kappa shape index (κ3) is 4.20. The van der Waals surface area contributed by atoms with E-state index in [2.05, 4.69) is 0 Å². The Morgan fingerprint density at radius 3 is 2.20 bits per heavy atom. The first-order chi connectivity index (χ1) is 9.21. The van der Waals surface area contributed by atoms with E-state index >= 15 is 0 Å². The van der Waals surface area contributed by atoms with Crippen molar-refractivity contribution in [1.82, 2.24) is 0 Å². The summed E-state index contributed by atoms with van der Waals surface area (Å²) >= 11 is 0. The molecule has 5 heteroatoms. The van der Waals surface area contributed by atoms with E-state index in [4.69, 9.17) is 9.47 Å². The van der Waals surface area contributed by atoms with Crippen molar-refractivity contribution in [2.75, 3.05) is 13.2 Å². The van der Waals surface area contributed by atoms with Crippen LogP contribution in [0.15, 0.2) is 0 Å². The maximum Gasteiger partial charge on any atom is 0.315 e. The van der Waals surface area contributed by atoms with Gasteiger partial charge in [-0.3, -0.25) is 9.59 Å². The second kappa shape index (κ2) is 6.57. The highest BCUT2D eigenvalue weighted by Crippen LogP contribution is 2.38. The molecule has 20 heavy (non-hydrogen) atoms. The quantitative estimate of drug-likeness (QED) is 0.801. The third-order valence-corrected chi connectivity index (χ3v) is 3.71. The first-order valence-electron chi connectivity index (χ1n) is 7.24. The summed E-state index contributed by atoms with van der Waals surface area (Å²) in [4.78, 5) is 24.1. The highest BCUT2D eigenvalue weighted by Gasteiger charge is 2.44. The molecule has 0 atom stereocenters. The second-order valence-electron chi connectivity index (χ2n) is 6.56. The summed E-state index contributed by atoms with van der Waals surface area (Å²) in [6.45, 7) is 7.42. The number of carbonyl (C=O) groups excluding carboxylic acids is 2. The molecule has 0 aliphatic heterocycles. The van der Waals surface area contributed by atoms with Crippen molar-refractivity contribution < 1.29 is 24.2 Å². The number of esters is 2. The summed E-state index contributed by atoms with van der Waals surface area (Å²) in [6.07, 6.45) is 1.67. The minimum absolute atomic E-state index is 0.0364. The largest absolute Gasteiger partial charge is 0.465 e. The maximum atomic E-state index is 12.2. The molecule has 0 aromatic rings. The molecule has 0 aromatic carbocycles. The molecule has 1 fully saturated rings. The molecule has 0 saturated heterocycles. The molecule has 0 unspecified atom stereocenters. The van der Waals surface area contributed by atoms with Crippen LogP contribution in [-0.2, 0) is 19.1 Å². The van der Waals surface area contributed by atoms with Gasteiger partial charge in [-0.25, -0.2) is 0 Å². The molecule has 5 nitrogen and oxygen atoms in total. The zero-order chi connectivity index (χ0) is 15.4. The lowest BCUT2D eigenvalue weighted by Crippen LogP contribution is -2.43. The molecule has 0 spiro atoms. The van der Waals surface area contributed by atoms with Crippen LogP contribution in [0, 0.1) is 10.8 Å². The Labute approximate surface area is 120 Å². The summed E-state index contributed by atoms with van der Waals surface area (Å²) in [6, 6.07) is 0. The van der Waals surface area contributed by atoms with Gasteiger partial charge < -0.3 is 14.6 Å². The van der Waals surface area contributed by atoms with E-state index < -0.39 is 10.8 Å². The lowest BCUT2D eigenvalue weighted by atomic mass is 9.73. The molecule has 1 aliphatic carbocycles. The molecule has 0 radical (unpaired) electrons. The number of rotatable bonds is 4. The van der Waals surface area contributed by atoms with Gasteiger partial charge in [0.05, 0.1) is 18.1 Å². The van der Waals surface area contributed by atoms with Gasteiger partial charge in [0.15, 0.2) is 0 Å². The van der Waals surface area contributed by atoms with Crippen molar-refractivity contribution >= 4 is 11.9 Å². The van der Waals surface area contributed by atoms with Gasteiger partial charge in [0.1, 0.15) is 12.0 Å². The lowest BCUT2D eigenvalue weighted by molar-refractivity contribution is -0.171. The van der Waals surface area contributed by atoms with Crippen LogP contribution in [0.5, 0.6) is 0 Å². The van der Waals surface area contributed by atoms with E-state index in [-0.39, 0.29) is 24.6 Å². The molecule has 0 heterocycles. The highest BCUT2D eigenvalue weighted by atomic mass is 16.6. The van der Waals surface area contributed by atoms with Gasteiger partial charge in [0.2, 0.25) is 0 Å². The smallest absolute Gasteiger partial charge is 0.315 e. The Morgan fingerprint density at radius 1 is 1.20 bits per heavy atom. The number of aliphatic hydroxyl groups is 1. The highest BCUT2D eigenvalue weighted by molar-refractivity contribution is 5.79. The number of hydrogen-bond acceptors (Lipinski definition) is 5. The Balaban J connectivity index is 2.74. The average molecular weight is 286 g/mol. The van der Waals surface area contributed by atoms with E-state index in [1.165, 1.54) is 0 Å². The van der Waals surface area contributed by atoms with Gasteiger partial charge in [-0.15, -0.1) is 0 Å². The Hall–Kier alpha value is -1.10. The molecule has 1 saturated carbocycles. The van der Waals surface area contributed by atoms with E-state index in [9.17, 15) is 14.7 Å². The van der Waals surface area contributed by atoms with Gasteiger partial charge in [-0.05, 0) is 53.4 Å². The van der Waals surface area contributed by atoms with Gasteiger partial charge in [0, 0.05) is 0 Å². The van der Waals surface area contributed by atoms with Crippen LogP contribution in [0.25, 0.3) is 0 Å². The SMILES string of the molecule is CCOC(=O)C1(COC(=O)C(C)(C)C)CCC(O)CC1. The summed E-state index contributed by atoms with van der Waals surface area (Å²) in [7, 11) is 0. The standard InChI is InChI=1S/C15H26O5/c1-5-19-13(18)15(8-6-11(16)7-9-15)10-20-12(17)14(2,3)4/h11,16H,5-10H2,1-4H3. The van der Waals surface area contributed by atoms with Crippen LogP contribution in [0.2, 0.25) is 0 Å². The van der Waals surface area contributed by atoms with Gasteiger partial charge in [-0.1, -0.05) is 0 Å². The number of carbonyl (C=O) groups is 2. The van der Waals surface area contributed by atoms with Gasteiger partial charge >= 0.3 is 11.9 Å². The third-order valence-electron chi connectivity index (χ3n) is 3.71. The predicted molar refractivity (Wildman–Crippen MR) is 74.0 cm³/mol.